The second-order valence-corrected chi connectivity index (χ2v) is 16.5. The van der Waals surface area contributed by atoms with Crippen LogP contribution in [-0.2, 0) is 0 Å². The molecular formula is C55H35N3OS. The maximum absolute atomic E-state index is 6.92. The lowest BCUT2D eigenvalue weighted by molar-refractivity contribution is 0.655. The lowest BCUT2D eigenvalue weighted by Crippen LogP contribution is -2.09. The van der Waals surface area contributed by atoms with Gasteiger partial charge in [-0.3, -0.25) is 0 Å². The van der Waals surface area contributed by atoms with Gasteiger partial charge < -0.3 is 4.42 Å². The monoisotopic (exact) mass is 785 g/mol. The maximum atomic E-state index is 6.92. The Hall–Kier alpha value is -7.47. The molecule has 1 aliphatic rings. The van der Waals surface area contributed by atoms with Crippen molar-refractivity contribution in [1.82, 2.24) is 15.0 Å². The number of allylic oxidation sites excluding steroid dienone is 1. The number of hydrogen-bond acceptors (Lipinski definition) is 5. The van der Waals surface area contributed by atoms with Crippen LogP contribution in [0.25, 0.3) is 93.0 Å². The zero-order valence-electron chi connectivity index (χ0n) is 32.4. The highest BCUT2D eigenvalue weighted by Crippen LogP contribution is 2.47. The molecule has 3 heterocycles. The molecule has 0 aliphatic heterocycles. The largest absolute Gasteiger partial charge is 0.456 e. The molecule has 282 valence electrons. The highest BCUT2D eigenvalue weighted by Gasteiger charge is 2.28. The van der Waals surface area contributed by atoms with Crippen LogP contribution in [-0.4, -0.2) is 15.0 Å². The van der Waals surface area contributed by atoms with Gasteiger partial charge in [0.1, 0.15) is 11.2 Å². The standard InChI is InChI=1S/C55H35N3OS/c1-3-14-34(15-4-1)35-26-28-37(29-27-35)53-56-54(45-22-13-25-49-50(45)44-21-10-12-24-48(44)60-49)58-55(57-53)46-33-32-42(52-51(46)43-20-9-11-23-47(43)59-52)41-31-30-38(36-16-5-2-6-17-36)39-18-7-8-19-40(39)41/h1-30,32-33,41H,31H2. The molecule has 60 heavy (non-hydrogen) atoms. The summed E-state index contributed by atoms with van der Waals surface area (Å²) in [5, 5.41) is 4.41. The minimum atomic E-state index is 0.0999. The Morgan fingerprint density at radius 2 is 1.02 bits per heavy atom. The molecule has 12 rings (SSSR count). The van der Waals surface area contributed by atoms with E-state index < -0.39 is 0 Å². The molecule has 0 amide bonds. The highest BCUT2D eigenvalue weighted by atomic mass is 32.1. The molecule has 3 aromatic heterocycles. The summed E-state index contributed by atoms with van der Waals surface area (Å²) in [6, 6.07) is 66.4. The zero-order valence-corrected chi connectivity index (χ0v) is 33.2. The first kappa shape index (κ1) is 34.6. The van der Waals surface area contributed by atoms with Crippen LogP contribution in [0, 0.1) is 0 Å². The van der Waals surface area contributed by atoms with Gasteiger partial charge in [-0.25, -0.2) is 15.0 Å². The number of para-hydroxylation sites is 1. The van der Waals surface area contributed by atoms with Crippen LogP contribution >= 0.6 is 11.3 Å². The first-order valence-electron chi connectivity index (χ1n) is 20.4. The number of nitrogens with zero attached hydrogens (tertiary/aromatic N) is 3. The number of aromatic nitrogens is 3. The number of fused-ring (bicyclic) bond motifs is 7. The number of thiophene rings is 1. The summed E-state index contributed by atoms with van der Waals surface area (Å²) >= 11 is 1.80. The van der Waals surface area contributed by atoms with E-state index in [0.29, 0.717) is 17.5 Å². The normalized spacial score (nSPS) is 13.9. The van der Waals surface area contributed by atoms with Gasteiger partial charge in [0.05, 0.1) is 0 Å². The summed E-state index contributed by atoms with van der Waals surface area (Å²) in [5.41, 5.74) is 13.1. The maximum Gasteiger partial charge on any atom is 0.164 e. The molecule has 0 radical (unpaired) electrons. The van der Waals surface area contributed by atoms with Crippen molar-refractivity contribution in [1.29, 1.82) is 0 Å². The quantitative estimate of drug-likeness (QED) is 0.168. The Kier molecular flexibility index (Phi) is 8.13. The molecule has 0 bridgehead atoms. The minimum Gasteiger partial charge on any atom is -0.456 e. The van der Waals surface area contributed by atoms with Gasteiger partial charge in [-0.05, 0) is 64.1 Å². The second-order valence-electron chi connectivity index (χ2n) is 15.4. The molecule has 0 spiro atoms. The Bertz CT molecular complexity index is 3460. The van der Waals surface area contributed by atoms with Gasteiger partial charge in [0, 0.05) is 59.1 Å². The lowest BCUT2D eigenvalue weighted by atomic mass is 9.77. The van der Waals surface area contributed by atoms with Gasteiger partial charge in [0.15, 0.2) is 17.5 Å². The third-order valence-electron chi connectivity index (χ3n) is 12.0. The molecule has 5 heteroatoms. The number of rotatable bonds is 6. The Balaban J connectivity index is 1.07. The molecule has 8 aromatic carbocycles. The molecule has 1 unspecified atom stereocenters. The molecule has 4 nitrogen and oxygen atoms in total. The fraction of sp³-hybridized carbons (Fsp3) is 0.0364. The van der Waals surface area contributed by atoms with Crippen LogP contribution in [0.15, 0.2) is 199 Å². The van der Waals surface area contributed by atoms with Gasteiger partial charge in [-0.1, -0.05) is 170 Å². The summed E-state index contributed by atoms with van der Waals surface area (Å²) in [6.07, 6.45) is 3.25. The van der Waals surface area contributed by atoms with Gasteiger partial charge in [-0.2, -0.15) is 0 Å². The molecule has 0 N–H and O–H groups in total. The third kappa shape index (κ3) is 5.70. The van der Waals surface area contributed by atoms with E-state index in [9.17, 15) is 0 Å². The SMILES string of the molecule is C1=C(c2ccccc2)c2ccccc2C(c2ccc(-c3nc(-c4ccc(-c5ccccc5)cc4)nc(-c4cccc5sc6ccccc6c45)n3)c3c2oc2ccccc23)C1. The van der Waals surface area contributed by atoms with Gasteiger partial charge >= 0.3 is 0 Å². The second kappa shape index (κ2) is 14.1. The Morgan fingerprint density at radius 1 is 0.417 bits per heavy atom. The summed E-state index contributed by atoms with van der Waals surface area (Å²) in [5.74, 6) is 1.97. The number of furan rings is 1. The highest BCUT2D eigenvalue weighted by molar-refractivity contribution is 7.25. The molecule has 0 fully saturated rings. The van der Waals surface area contributed by atoms with E-state index in [-0.39, 0.29) is 5.92 Å². The Labute approximate surface area is 350 Å². The summed E-state index contributed by atoms with van der Waals surface area (Å²) in [6.45, 7) is 0. The smallest absolute Gasteiger partial charge is 0.164 e. The number of hydrogen-bond donors (Lipinski definition) is 0. The van der Waals surface area contributed by atoms with Crippen molar-refractivity contribution in [2.75, 3.05) is 0 Å². The van der Waals surface area contributed by atoms with E-state index in [1.165, 1.54) is 42.6 Å². The first-order chi connectivity index (χ1) is 29.7. The van der Waals surface area contributed by atoms with Crippen molar-refractivity contribution in [2.24, 2.45) is 0 Å². The minimum absolute atomic E-state index is 0.0999. The predicted molar refractivity (Wildman–Crippen MR) is 248 cm³/mol. The average molecular weight is 786 g/mol. The molecule has 1 atom stereocenters. The van der Waals surface area contributed by atoms with Crippen molar-refractivity contribution in [3.8, 4) is 45.3 Å². The first-order valence-corrected chi connectivity index (χ1v) is 21.2. The molecule has 0 saturated heterocycles. The van der Waals surface area contributed by atoms with Gasteiger partial charge in [-0.15, -0.1) is 11.3 Å². The van der Waals surface area contributed by atoms with Crippen molar-refractivity contribution < 1.29 is 4.42 Å². The summed E-state index contributed by atoms with van der Waals surface area (Å²) < 4.78 is 9.36. The zero-order chi connectivity index (χ0) is 39.6. The van der Waals surface area contributed by atoms with Crippen molar-refractivity contribution in [3.63, 3.8) is 0 Å². The van der Waals surface area contributed by atoms with E-state index in [4.69, 9.17) is 19.4 Å². The Morgan fingerprint density at radius 3 is 1.83 bits per heavy atom. The van der Waals surface area contributed by atoms with E-state index in [2.05, 4.69) is 182 Å². The third-order valence-corrected chi connectivity index (χ3v) is 13.1. The topological polar surface area (TPSA) is 51.8 Å². The molecule has 11 aromatic rings. The van der Waals surface area contributed by atoms with Crippen LogP contribution in [0.4, 0.5) is 0 Å². The van der Waals surface area contributed by atoms with Crippen molar-refractivity contribution in [2.45, 2.75) is 12.3 Å². The van der Waals surface area contributed by atoms with Crippen LogP contribution in [0.2, 0.25) is 0 Å². The lowest BCUT2D eigenvalue weighted by Gasteiger charge is -2.26. The number of benzene rings is 8. The summed E-state index contributed by atoms with van der Waals surface area (Å²) in [4.78, 5) is 16.0. The van der Waals surface area contributed by atoms with Gasteiger partial charge in [0.25, 0.3) is 0 Å². The van der Waals surface area contributed by atoms with Crippen LogP contribution in [0.5, 0.6) is 0 Å². The molecular weight excluding hydrogens is 751 g/mol. The average Bonchev–Trinajstić information content (AvgIpc) is 3.91. The summed E-state index contributed by atoms with van der Waals surface area (Å²) in [7, 11) is 0. The van der Waals surface area contributed by atoms with Crippen molar-refractivity contribution >= 4 is 59.0 Å². The van der Waals surface area contributed by atoms with E-state index in [0.717, 1.165) is 61.6 Å². The predicted octanol–water partition coefficient (Wildman–Crippen LogP) is 14.8. The fourth-order valence-corrected chi connectivity index (χ4v) is 10.3. The molecule has 1 aliphatic carbocycles. The fourth-order valence-electron chi connectivity index (χ4n) is 9.16. The van der Waals surface area contributed by atoms with E-state index in [1.807, 2.05) is 12.1 Å². The molecule has 0 saturated carbocycles. The van der Waals surface area contributed by atoms with Gasteiger partial charge in [0.2, 0.25) is 0 Å². The van der Waals surface area contributed by atoms with E-state index in [1.54, 1.807) is 11.3 Å². The van der Waals surface area contributed by atoms with Crippen LogP contribution < -0.4 is 0 Å². The van der Waals surface area contributed by atoms with E-state index >= 15 is 0 Å². The van der Waals surface area contributed by atoms with Crippen LogP contribution in [0.1, 0.15) is 34.6 Å². The van der Waals surface area contributed by atoms with Crippen LogP contribution in [0.3, 0.4) is 0 Å². The van der Waals surface area contributed by atoms with Crippen molar-refractivity contribution in [3.05, 3.63) is 216 Å².